The fourth-order valence-corrected chi connectivity index (χ4v) is 6.56. The molecule has 5 rings (SSSR count). The van der Waals surface area contributed by atoms with E-state index in [2.05, 4.69) is 16.7 Å². The molecule has 0 aromatic heterocycles. The van der Waals surface area contributed by atoms with Gasteiger partial charge in [0.15, 0.2) is 0 Å². The largest absolute Gasteiger partial charge is 0.444 e. The number of fused-ring (bicyclic) bond motifs is 3. The number of benzene rings is 1. The highest BCUT2D eigenvalue weighted by molar-refractivity contribution is 5.94. The summed E-state index contributed by atoms with van der Waals surface area (Å²) in [5, 5.41) is 15.0. The minimum absolute atomic E-state index is 0.0130. The number of nitriles is 1. The van der Waals surface area contributed by atoms with Gasteiger partial charge >= 0.3 is 6.09 Å². The molecule has 0 spiro atoms. The Morgan fingerprint density at radius 3 is 2.45 bits per heavy atom. The lowest BCUT2D eigenvalue weighted by Gasteiger charge is -2.39. The molecule has 4 fully saturated rings. The third-order valence-electron chi connectivity index (χ3n) is 8.53. The monoisotopic (exact) mass is 550 g/mol. The van der Waals surface area contributed by atoms with Gasteiger partial charge in [-0.1, -0.05) is 12.1 Å². The number of alkyl carbamates (subject to hydrolysis) is 1. The van der Waals surface area contributed by atoms with E-state index >= 15 is 0 Å². The third kappa shape index (κ3) is 5.24. The summed E-state index contributed by atoms with van der Waals surface area (Å²) in [4.78, 5) is 57.4. The maximum absolute atomic E-state index is 13.7. The van der Waals surface area contributed by atoms with Crippen LogP contribution in [0.3, 0.4) is 0 Å². The zero-order valence-corrected chi connectivity index (χ0v) is 23.7. The van der Waals surface area contributed by atoms with Crippen molar-refractivity contribution in [2.75, 3.05) is 20.1 Å². The van der Waals surface area contributed by atoms with E-state index in [4.69, 9.17) is 4.74 Å². The molecule has 3 saturated heterocycles. The predicted octanol–water partition coefficient (Wildman–Crippen LogP) is 1.80. The molecule has 4 aliphatic rings. The van der Waals surface area contributed by atoms with Gasteiger partial charge in [-0.25, -0.2) is 4.79 Å². The number of amides is 4. The second kappa shape index (κ2) is 10.4. The Morgan fingerprint density at radius 2 is 1.85 bits per heavy atom. The standard InChI is InChI=1S/C29H38N6O5/c1-16(17-6-8-18(9-7-17)25(36)31-5)34-21-12-24(27(34)38)33(14-21)15-22(32-28(39)40-29(2,3)4)26(37)35-20(13-30)10-19-11-23(19)35/h6-9,16,19-24H,10-12,14-15H2,1-5H3,(H,31,36)(H,32,39)/t16-,19-,20+,21+,22+,23+,24+/m1/s1. The summed E-state index contributed by atoms with van der Waals surface area (Å²) in [5.74, 6) is -0.122. The summed E-state index contributed by atoms with van der Waals surface area (Å²) >= 11 is 0. The Bertz CT molecular complexity index is 1240. The molecule has 3 aliphatic heterocycles. The number of nitrogens with one attached hydrogen (secondary N) is 2. The number of piperazine rings is 1. The quantitative estimate of drug-likeness (QED) is 0.529. The number of nitrogens with zero attached hydrogens (tertiary/aromatic N) is 4. The summed E-state index contributed by atoms with van der Waals surface area (Å²) in [5.41, 5.74) is 0.761. The average molecular weight is 551 g/mol. The van der Waals surface area contributed by atoms with Crippen LogP contribution in [-0.4, -0.2) is 94.5 Å². The van der Waals surface area contributed by atoms with Crippen molar-refractivity contribution in [1.29, 1.82) is 5.26 Å². The predicted molar refractivity (Wildman–Crippen MR) is 145 cm³/mol. The number of carbonyl (C=O) groups excluding carboxylic acids is 4. The van der Waals surface area contributed by atoms with Crippen molar-refractivity contribution >= 4 is 23.8 Å². The van der Waals surface area contributed by atoms with Crippen molar-refractivity contribution in [3.8, 4) is 6.07 Å². The lowest BCUT2D eigenvalue weighted by atomic mass is 10.0. The first kappa shape index (κ1) is 27.9. The molecule has 7 atom stereocenters. The van der Waals surface area contributed by atoms with E-state index in [1.165, 1.54) is 0 Å². The van der Waals surface area contributed by atoms with Crippen LogP contribution in [0.1, 0.15) is 68.9 Å². The van der Waals surface area contributed by atoms with Crippen LogP contribution in [0.25, 0.3) is 0 Å². The molecule has 1 aromatic rings. The van der Waals surface area contributed by atoms with Crippen molar-refractivity contribution in [2.45, 2.75) is 88.8 Å². The molecule has 2 bridgehead atoms. The first-order valence-corrected chi connectivity index (χ1v) is 14.0. The molecule has 1 aromatic carbocycles. The molecule has 3 heterocycles. The molecule has 0 unspecified atom stereocenters. The molecular weight excluding hydrogens is 512 g/mol. The zero-order chi connectivity index (χ0) is 28.9. The van der Waals surface area contributed by atoms with Crippen molar-refractivity contribution in [2.24, 2.45) is 5.92 Å². The summed E-state index contributed by atoms with van der Waals surface area (Å²) in [6.07, 6.45) is 1.49. The summed E-state index contributed by atoms with van der Waals surface area (Å²) in [7, 11) is 1.58. The van der Waals surface area contributed by atoms with Crippen molar-refractivity contribution in [3.63, 3.8) is 0 Å². The average Bonchev–Trinajstić information content (AvgIpc) is 3.23. The second-order valence-corrected chi connectivity index (χ2v) is 12.4. The Hall–Kier alpha value is -3.65. The highest BCUT2D eigenvalue weighted by Crippen LogP contribution is 2.48. The number of hydrogen-bond acceptors (Lipinski definition) is 7. The molecule has 214 valence electrons. The van der Waals surface area contributed by atoms with Crippen molar-refractivity contribution < 1.29 is 23.9 Å². The Morgan fingerprint density at radius 1 is 1.15 bits per heavy atom. The van der Waals surface area contributed by atoms with Crippen LogP contribution in [-0.2, 0) is 14.3 Å². The van der Waals surface area contributed by atoms with E-state index in [1.54, 1.807) is 44.9 Å². The molecule has 11 nitrogen and oxygen atoms in total. The van der Waals surface area contributed by atoms with E-state index in [9.17, 15) is 24.4 Å². The van der Waals surface area contributed by atoms with E-state index in [0.717, 1.165) is 12.0 Å². The maximum atomic E-state index is 13.7. The van der Waals surface area contributed by atoms with Crippen LogP contribution in [0.5, 0.6) is 0 Å². The van der Waals surface area contributed by atoms with Crippen LogP contribution in [0.4, 0.5) is 4.79 Å². The fourth-order valence-electron chi connectivity index (χ4n) is 6.56. The van der Waals surface area contributed by atoms with Crippen LogP contribution < -0.4 is 10.6 Å². The van der Waals surface area contributed by atoms with Crippen molar-refractivity contribution in [1.82, 2.24) is 25.3 Å². The Balaban J connectivity index is 1.29. The normalized spacial score (nSPS) is 28.5. The van der Waals surface area contributed by atoms with E-state index in [1.807, 2.05) is 28.9 Å². The number of piperidine rings is 1. The van der Waals surface area contributed by atoms with Gasteiger partial charge < -0.3 is 25.2 Å². The summed E-state index contributed by atoms with van der Waals surface area (Å²) in [6, 6.07) is 7.51. The van der Waals surface area contributed by atoms with Crippen LogP contribution >= 0.6 is 0 Å². The van der Waals surface area contributed by atoms with Gasteiger partial charge in [0, 0.05) is 37.8 Å². The van der Waals surface area contributed by atoms with Gasteiger partial charge in [-0.3, -0.25) is 19.3 Å². The van der Waals surface area contributed by atoms with Gasteiger partial charge in [-0.15, -0.1) is 0 Å². The van der Waals surface area contributed by atoms with E-state index in [0.29, 0.717) is 30.9 Å². The molecule has 2 N–H and O–H groups in total. The molecule has 40 heavy (non-hydrogen) atoms. The third-order valence-corrected chi connectivity index (χ3v) is 8.53. The number of likely N-dealkylation sites (tertiary alicyclic amines) is 3. The first-order valence-electron chi connectivity index (χ1n) is 14.0. The number of ether oxygens (including phenoxy) is 1. The minimum Gasteiger partial charge on any atom is -0.444 e. The number of rotatable bonds is 7. The minimum atomic E-state index is -0.930. The zero-order valence-electron chi connectivity index (χ0n) is 23.7. The molecule has 0 radical (unpaired) electrons. The molecule has 4 amide bonds. The summed E-state index contributed by atoms with van der Waals surface area (Å²) < 4.78 is 5.44. The Labute approximate surface area is 234 Å². The first-order chi connectivity index (χ1) is 18.9. The van der Waals surface area contributed by atoms with Gasteiger partial charge in [0.05, 0.1) is 18.2 Å². The van der Waals surface area contributed by atoms with Crippen LogP contribution in [0.15, 0.2) is 24.3 Å². The van der Waals surface area contributed by atoms with Gasteiger partial charge in [0.25, 0.3) is 5.91 Å². The fraction of sp³-hybridized carbons (Fsp3) is 0.621. The molecule has 1 aliphatic carbocycles. The van der Waals surface area contributed by atoms with Crippen LogP contribution in [0.2, 0.25) is 0 Å². The van der Waals surface area contributed by atoms with E-state index < -0.39 is 29.8 Å². The molecule has 11 heteroatoms. The van der Waals surface area contributed by atoms with Gasteiger partial charge in [-0.05, 0) is 70.6 Å². The SMILES string of the molecule is CNC(=O)c1ccc([C@@H](C)N2C(=O)[C@@H]3C[C@H]2CN3C[C@H](NC(=O)OC(C)(C)C)C(=O)N2[C@H](C#N)C[C@@H]3C[C@@H]32)cc1. The highest BCUT2D eigenvalue weighted by Gasteiger charge is 2.56. The van der Waals surface area contributed by atoms with Gasteiger partial charge in [-0.2, -0.15) is 5.26 Å². The van der Waals surface area contributed by atoms with Gasteiger partial charge in [0.1, 0.15) is 17.7 Å². The number of carbonyl (C=O) groups is 4. The topological polar surface area (TPSA) is 135 Å². The number of hydrogen-bond donors (Lipinski definition) is 2. The lowest BCUT2D eigenvalue weighted by Crippen LogP contribution is -2.59. The second-order valence-electron chi connectivity index (χ2n) is 12.4. The highest BCUT2D eigenvalue weighted by atomic mass is 16.6. The molecule has 1 saturated carbocycles. The Kier molecular flexibility index (Phi) is 7.25. The van der Waals surface area contributed by atoms with Crippen LogP contribution in [0, 0.1) is 17.2 Å². The van der Waals surface area contributed by atoms with Gasteiger partial charge in [0.2, 0.25) is 11.8 Å². The van der Waals surface area contributed by atoms with E-state index in [-0.39, 0.29) is 42.4 Å². The lowest BCUT2D eigenvalue weighted by molar-refractivity contribution is -0.141. The summed E-state index contributed by atoms with van der Waals surface area (Å²) in [6.45, 7) is 7.99. The maximum Gasteiger partial charge on any atom is 0.408 e. The smallest absolute Gasteiger partial charge is 0.408 e. The molecular formula is C29H38N6O5. The van der Waals surface area contributed by atoms with Crippen molar-refractivity contribution in [3.05, 3.63) is 35.4 Å².